The van der Waals surface area contributed by atoms with Gasteiger partial charge in [0.2, 0.25) is 5.78 Å². The number of carbonyl (C=O) groups is 2. The molecule has 6 heteroatoms. The summed E-state index contributed by atoms with van der Waals surface area (Å²) in [6.45, 7) is 3.08. The topological polar surface area (TPSA) is 86.5 Å². The summed E-state index contributed by atoms with van der Waals surface area (Å²) in [7, 11) is 0. The molecule has 0 spiro atoms. The monoisotopic (exact) mass is 353 g/mol. The summed E-state index contributed by atoms with van der Waals surface area (Å²) in [6.07, 6.45) is 2.16. The van der Waals surface area contributed by atoms with Crippen LogP contribution in [0, 0.1) is 17.0 Å². The van der Waals surface area contributed by atoms with E-state index in [4.69, 9.17) is 4.74 Å². The standard InChI is InChI=1S/C20H19NO5/c1-12-10-17(8-9-18(12)21(24)25)20(23)26-13(2)19(22)16-7-6-14-4-3-5-15(14)11-16/h6-11,13H,3-5H2,1-2H3/t13-/m0/s1. The molecule has 134 valence electrons. The fraction of sp³-hybridized carbons (Fsp3) is 0.300. The molecule has 0 bridgehead atoms. The predicted octanol–water partition coefficient (Wildman–Crippen LogP) is 3.82. The van der Waals surface area contributed by atoms with Crippen LogP contribution in [0.5, 0.6) is 0 Å². The number of hydrogen-bond donors (Lipinski definition) is 0. The molecule has 1 atom stereocenters. The Labute approximate surface area is 150 Å². The number of ether oxygens (including phenoxy) is 1. The van der Waals surface area contributed by atoms with Crippen LogP contribution in [0.25, 0.3) is 0 Å². The third-order valence-electron chi connectivity index (χ3n) is 4.67. The number of benzene rings is 2. The highest BCUT2D eigenvalue weighted by molar-refractivity contribution is 6.01. The van der Waals surface area contributed by atoms with Crippen molar-refractivity contribution in [3.63, 3.8) is 0 Å². The van der Waals surface area contributed by atoms with Gasteiger partial charge >= 0.3 is 5.97 Å². The first kappa shape index (κ1) is 17.8. The number of Topliss-reactive ketones (excluding diaryl/α,β-unsaturated/α-hetero) is 1. The summed E-state index contributed by atoms with van der Waals surface area (Å²) in [5.41, 5.74) is 3.46. The van der Waals surface area contributed by atoms with Crippen molar-refractivity contribution in [3.05, 3.63) is 74.3 Å². The van der Waals surface area contributed by atoms with Crippen LogP contribution in [-0.4, -0.2) is 22.8 Å². The van der Waals surface area contributed by atoms with Gasteiger partial charge in [-0.3, -0.25) is 14.9 Å². The Morgan fingerprint density at radius 1 is 1.08 bits per heavy atom. The predicted molar refractivity (Wildman–Crippen MR) is 95.5 cm³/mol. The Kier molecular flexibility index (Phi) is 4.84. The van der Waals surface area contributed by atoms with Gasteiger partial charge in [0.1, 0.15) is 0 Å². The number of nitrogens with zero attached hydrogens (tertiary/aromatic N) is 1. The van der Waals surface area contributed by atoms with E-state index >= 15 is 0 Å². The summed E-state index contributed by atoms with van der Waals surface area (Å²) in [4.78, 5) is 35.2. The van der Waals surface area contributed by atoms with Gasteiger partial charge in [0.15, 0.2) is 6.10 Å². The van der Waals surface area contributed by atoms with Crippen LogP contribution >= 0.6 is 0 Å². The molecule has 0 radical (unpaired) electrons. The van der Waals surface area contributed by atoms with Crippen molar-refractivity contribution in [1.82, 2.24) is 0 Å². The SMILES string of the molecule is Cc1cc(C(=O)O[C@@H](C)C(=O)c2ccc3c(c2)CCC3)ccc1[N+](=O)[O-]. The lowest BCUT2D eigenvalue weighted by atomic mass is 10.0. The van der Waals surface area contributed by atoms with E-state index in [1.807, 2.05) is 12.1 Å². The first-order chi connectivity index (χ1) is 12.4. The number of nitro groups is 1. The van der Waals surface area contributed by atoms with Crippen molar-refractivity contribution in [3.8, 4) is 0 Å². The molecule has 0 saturated carbocycles. The molecule has 1 aliphatic rings. The summed E-state index contributed by atoms with van der Waals surface area (Å²) < 4.78 is 5.27. The number of carbonyl (C=O) groups excluding carboxylic acids is 2. The maximum atomic E-state index is 12.6. The molecule has 0 fully saturated rings. The molecule has 0 unspecified atom stereocenters. The van der Waals surface area contributed by atoms with E-state index in [1.54, 1.807) is 13.0 Å². The Balaban J connectivity index is 1.72. The summed E-state index contributed by atoms with van der Waals surface area (Å²) >= 11 is 0. The molecule has 0 amide bonds. The van der Waals surface area contributed by atoms with Gasteiger partial charge in [-0.25, -0.2) is 4.79 Å². The van der Waals surface area contributed by atoms with Gasteiger partial charge in [0, 0.05) is 17.2 Å². The van der Waals surface area contributed by atoms with Gasteiger partial charge in [-0.05, 0) is 62.4 Å². The van der Waals surface area contributed by atoms with E-state index in [2.05, 4.69) is 0 Å². The third kappa shape index (κ3) is 3.49. The zero-order chi connectivity index (χ0) is 18.8. The molecule has 1 aliphatic carbocycles. The molecule has 0 N–H and O–H groups in total. The summed E-state index contributed by atoms with van der Waals surface area (Å²) in [5.74, 6) is -0.934. The molecule has 6 nitrogen and oxygen atoms in total. The van der Waals surface area contributed by atoms with Crippen molar-refractivity contribution in [2.75, 3.05) is 0 Å². The number of ketones is 1. The second-order valence-electron chi connectivity index (χ2n) is 6.51. The molecule has 0 aliphatic heterocycles. The second kappa shape index (κ2) is 7.07. The van der Waals surface area contributed by atoms with Gasteiger partial charge < -0.3 is 4.74 Å². The quantitative estimate of drug-likeness (QED) is 0.353. The molecule has 0 heterocycles. The second-order valence-corrected chi connectivity index (χ2v) is 6.51. The minimum atomic E-state index is -0.933. The third-order valence-corrected chi connectivity index (χ3v) is 4.67. The van der Waals surface area contributed by atoms with Crippen LogP contribution in [0.15, 0.2) is 36.4 Å². The van der Waals surface area contributed by atoms with Crippen LogP contribution in [-0.2, 0) is 17.6 Å². The zero-order valence-corrected chi connectivity index (χ0v) is 14.7. The number of esters is 1. The lowest BCUT2D eigenvalue weighted by Crippen LogP contribution is -2.24. The summed E-state index contributed by atoms with van der Waals surface area (Å²) in [6, 6.07) is 9.60. The molecule has 26 heavy (non-hydrogen) atoms. The molecule has 2 aromatic rings. The van der Waals surface area contributed by atoms with Gasteiger partial charge in [-0.1, -0.05) is 12.1 Å². The van der Waals surface area contributed by atoms with E-state index in [0.717, 1.165) is 19.3 Å². The van der Waals surface area contributed by atoms with Crippen LogP contribution in [0.2, 0.25) is 0 Å². The van der Waals surface area contributed by atoms with Crippen LogP contribution < -0.4 is 0 Å². The smallest absolute Gasteiger partial charge is 0.338 e. The Hall–Kier alpha value is -3.02. The molecule has 3 rings (SSSR count). The lowest BCUT2D eigenvalue weighted by molar-refractivity contribution is -0.385. The number of aryl methyl sites for hydroxylation is 3. The maximum Gasteiger partial charge on any atom is 0.338 e. The van der Waals surface area contributed by atoms with Gasteiger partial charge in [0.05, 0.1) is 10.5 Å². The molecule has 2 aromatic carbocycles. The van der Waals surface area contributed by atoms with Crippen LogP contribution in [0.4, 0.5) is 5.69 Å². The fourth-order valence-corrected chi connectivity index (χ4v) is 3.23. The number of nitro benzene ring substituents is 1. The highest BCUT2D eigenvalue weighted by atomic mass is 16.6. The van der Waals surface area contributed by atoms with Crippen LogP contribution in [0.1, 0.15) is 50.8 Å². The molecular weight excluding hydrogens is 334 g/mol. The summed E-state index contributed by atoms with van der Waals surface area (Å²) in [5, 5.41) is 10.9. The van der Waals surface area contributed by atoms with Crippen LogP contribution in [0.3, 0.4) is 0 Å². The van der Waals surface area contributed by atoms with Gasteiger partial charge in [0.25, 0.3) is 5.69 Å². The first-order valence-electron chi connectivity index (χ1n) is 8.49. The molecular formula is C20H19NO5. The molecule has 0 aromatic heterocycles. The Morgan fingerprint density at radius 3 is 2.46 bits per heavy atom. The minimum absolute atomic E-state index is 0.0659. The Bertz CT molecular complexity index is 903. The van der Waals surface area contributed by atoms with Crippen molar-refractivity contribution in [1.29, 1.82) is 0 Å². The number of fused-ring (bicyclic) bond motifs is 1. The lowest BCUT2D eigenvalue weighted by Gasteiger charge is -2.13. The van der Waals surface area contributed by atoms with Crippen molar-refractivity contribution >= 4 is 17.4 Å². The zero-order valence-electron chi connectivity index (χ0n) is 14.7. The van der Waals surface area contributed by atoms with E-state index in [-0.39, 0.29) is 17.0 Å². The van der Waals surface area contributed by atoms with E-state index in [9.17, 15) is 19.7 Å². The molecule has 0 saturated heterocycles. The average molecular weight is 353 g/mol. The maximum absolute atomic E-state index is 12.6. The van der Waals surface area contributed by atoms with E-state index in [1.165, 1.54) is 36.2 Å². The van der Waals surface area contributed by atoms with Gasteiger partial charge in [-0.15, -0.1) is 0 Å². The van der Waals surface area contributed by atoms with Crippen molar-refractivity contribution < 1.29 is 19.2 Å². The van der Waals surface area contributed by atoms with Gasteiger partial charge in [-0.2, -0.15) is 0 Å². The normalized spacial score (nSPS) is 13.8. The highest BCUT2D eigenvalue weighted by Crippen LogP contribution is 2.24. The van der Waals surface area contributed by atoms with E-state index in [0.29, 0.717) is 11.1 Å². The number of rotatable bonds is 5. The van der Waals surface area contributed by atoms with Crippen molar-refractivity contribution in [2.24, 2.45) is 0 Å². The highest BCUT2D eigenvalue weighted by Gasteiger charge is 2.23. The largest absolute Gasteiger partial charge is 0.451 e. The van der Waals surface area contributed by atoms with E-state index < -0.39 is 17.0 Å². The van der Waals surface area contributed by atoms with Crippen molar-refractivity contribution in [2.45, 2.75) is 39.2 Å². The Morgan fingerprint density at radius 2 is 1.77 bits per heavy atom. The average Bonchev–Trinajstić information content (AvgIpc) is 3.08. The number of hydrogen-bond acceptors (Lipinski definition) is 5. The fourth-order valence-electron chi connectivity index (χ4n) is 3.23. The first-order valence-corrected chi connectivity index (χ1v) is 8.49. The minimum Gasteiger partial charge on any atom is -0.451 e.